The van der Waals surface area contributed by atoms with Crippen LogP contribution in [0.3, 0.4) is 0 Å². The fraction of sp³-hybridized carbons (Fsp3) is 0. The first kappa shape index (κ1) is 18.0. The smallest absolute Gasteiger partial charge is 0.0972 e. The standard InChI is InChI=1S/C48H30N2S/c1-3-36-37(4-2)39(42-24-19-33-16-15-32-12-7-27-49-47(32)48(33)50-42)23-22-38(36)34-10-6-11-35(28-34)43-25-26-44(51-43)40-20-17-31-14-13-29-8-5-9-30-18-21-41(40)46(31)45(29)30/h3-28H,1-2H2/i5D,6D,8D,9D,10D,11D,13D,14D,17D,18D,20D,21D,25D,26D,28D. The van der Waals surface area contributed by atoms with Crippen LogP contribution in [-0.4, -0.2) is 9.97 Å². The molecule has 0 atom stereocenters. The molecule has 0 fully saturated rings. The van der Waals surface area contributed by atoms with Gasteiger partial charge in [0.05, 0.1) is 37.3 Å². The van der Waals surface area contributed by atoms with Crippen LogP contribution in [0.15, 0.2) is 159 Å². The molecule has 3 heteroatoms. The predicted molar refractivity (Wildman–Crippen MR) is 221 cm³/mol. The normalized spacial score (nSPS) is 15.8. The molecule has 0 radical (unpaired) electrons. The monoisotopic (exact) mass is 681 g/mol. The Morgan fingerprint density at radius 1 is 0.549 bits per heavy atom. The van der Waals surface area contributed by atoms with Gasteiger partial charge in [-0.2, -0.15) is 0 Å². The molecule has 0 N–H and O–H groups in total. The van der Waals surface area contributed by atoms with Crippen molar-refractivity contribution in [3.8, 4) is 43.3 Å². The van der Waals surface area contributed by atoms with Crippen LogP contribution in [0.5, 0.6) is 0 Å². The molecule has 0 bridgehead atoms. The van der Waals surface area contributed by atoms with Gasteiger partial charge in [0.15, 0.2) is 0 Å². The minimum absolute atomic E-state index is 0.0666. The summed E-state index contributed by atoms with van der Waals surface area (Å²) >= 11 is 0.697. The Morgan fingerprint density at radius 3 is 2.06 bits per heavy atom. The highest BCUT2D eigenvalue weighted by Gasteiger charge is 2.17. The maximum atomic E-state index is 9.63. The number of benzene rings is 7. The van der Waals surface area contributed by atoms with Crippen LogP contribution in [-0.2, 0) is 0 Å². The number of thiophene rings is 1. The topological polar surface area (TPSA) is 25.8 Å². The second-order valence-corrected chi connectivity index (χ2v) is 12.8. The van der Waals surface area contributed by atoms with Crippen molar-refractivity contribution in [2.45, 2.75) is 0 Å². The Morgan fingerprint density at radius 2 is 1.22 bits per heavy atom. The first-order valence-electron chi connectivity index (χ1n) is 23.4. The highest BCUT2D eigenvalue weighted by Crippen LogP contribution is 2.43. The Balaban J connectivity index is 1.22. The minimum Gasteiger partial charge on any atom is -0.254 e. The summed E-state index contributed by atoms with van der Waals surface area (Å²) in [5.41, 5.74) is 3.38. The largest absolute Gasteiger partial charge is 0.254 e. The van der Waals surface area contributed by atoms with Gasteiger partial charge in [0.1, 0.15) is 0 Å². The van der Waals surface area contributed by atoms with E-state index < -0.39 is 90.6 Å². The van der Waals surface area contributed by atoms with Crippen LogP contribution < -0.4 is 0 Å². The molecule has 0 aliphatic rings. The lowest BCUT2D eigenvalue weighted by Gasteiger charge is -2.16. The highest BCUT2D eigenvalue weighted by molar-refractivity contribution is 7.19. The Hall–Kier alpha value is -6.42. The number of hydrogen-bond acceptors (Lipinski definition) is 3. The molecule has 0 amide bonds. The highest BCUT2D eigenvalue weighted by atomic mass is 32.1. The van der Waals surface area contributed by atoms with Crippen molar-refractivity contribution in [1.29, 1.82) is 0 Å². The molecule has 0 unspecified atom stereocenters. The third-order valence-electron chi connectivity index (χ3n) is 9.06. The van der Waals surface area contributed by atoms with Crippen molar-refractivity contribution >= 4 is 77.6 Å². The van der Waals surface area contributed by atoms with Gasteiger partial charge in [0, 0.05) is 32.3 Å². The number of rotatable bonds is 6. The molecule has 3 heterocycles. The van der Waals surface area contributed by atoms with Crippen molar-refractivity contribution in [3.05, 3.63) is 170 Å². The summed E-state index contributed by atoms with van der Waals surface area (Å²) in [6.45, 7) is 8.12. The minimum atomic E-state index is -0.612. The second-order valence-electron chi connectivity index (χ2n) is 11.8. The number of aromatic nitrogens is 2. The lowest BCUT2D eigenvalue weighted by Crippen LogP contribution is -1.95. The molecule has 10 aromatic rings. The quantitative estimate of drug-likeness (QED) is 0.163. The van der Waals surface area contributed by atoms with E-state index in [1.807, 2.05) is 36.4 Å². The second kappa shape index (κ2) is 11.6. The summed E-state index contributed by atoms with van der Waals surface area (Å²) in [5, 5.41) is 0.741. The van der Waals surface area contributed by atoms with Crippen LogP contribution >= 0.6 is 11.3 Å². The molecule has 7 aromatic carbocycles. The SMILES string of the molecule is [2H]c1c(-c2c([2H])c([2H])c([2H])c(-c3ccc(-c4ccc5ccc6cccnc6c5n4)c(C=C)c3C=C)c2[2H])sc(-c2c([2H])c([2H])c3c([2H])c([2H])c4c([2H])c([2H])c([2H])c5c([2H])c([2H])c2c3c45)c1[2H]. The van der Waals surface area contributed by atoms with Crippen LogP contribution in [0.25, 0.3) is 110 Å². The molecular weight excluding hydrogens is 637 g/mol. The van der Waals surface area contributed by atoms with Crippen molar-refractivity contribution in [2.24, 2.45) is 0 Å². The zero-order chi connectivity index (χ0) is 47.1. The maximum Gasteiger partial charge on any atom is 0.0972 e. The summed E-state index contributed by atoms with van der Waals surface area (Å²) in [6.07, 6.45) is 4.84. The van der Waals surface area contributed by atoms with E-state index in [2.05, 4.69) is 18.1 Å². The number of nitrogens with zero attached hydrogens (tertiary/aromatic N) is 2. The van der Waals surface area contributed by atoms with E-state index in [0.29, 0.717) is 44.8 Å². The molecule has 51 heavy (non-hydrogen) atoms. The van der Waals surface area contributed by atoms with Crippen molar-refractivity contribution in [2.75, 3.05) is 0 Å². The van der Waals surface area contributed by atoms with Gasteiger partial charge in [-0.3, -0.25) is 4.98 Å². The molecule has 0 aliphatic heterocycles. The Labute approximate surface area is 320 Å². The average molecular weight is 682 g/mol. The molecule has 3 aromatic heterocycles. The summed E-state index contributed by atoms with van der Waals surface area (Å²) in [4.78, 5) is 9.27. The molecule has 238 valence electrons. The fourth-order valence-corrected chi connectivity index (χ4v) is 7.58. The third-order valence-corrected chi connectivity index (χ3v) is 10.1. The first-order valence-corrected chi connectivity index (χ1v) is 16.7. The van der Waals surface area contributed by atoms with E-state index in [0.717, 1.165) is 16.3 Å². The van der Waals surface area contributed by atoms with Crippen molar-refractivity contribution in [1.82, 2.24) is 9.97 Å². The third kappa shape index (κ3) is 4.63. The molecule has 2 nitrogen and oxygen atoms in total. The molecule has 0 aliphatic carbocycles. The van der Waals surface area contributed by atoms with Gasteiger partial charge in [0.2, 0.25) is 0 Å². The average Bonchev–Trinajstić information content (AvgIpc) is 3.60. The van der Waals surface area contributed by atoms with E-state index >= 15 is 0 Å². The summed E-state index contributed by atoms with van der Waals surface area (Å²) < 4.78 is 135. The number of pyridine rings is 2. The van der Waals surface area contributed by atoms with E-state index in [1.54, 1.807) is 24.4 Å². The fourth-order valence-electron chi connectivity index (χ4n) is 6.71. The van der Waals surface area contributed by atoms with Gasteiger partial charge in [-0.05, 0) is 96.0 Å². The van der Waals surface area contributed by atoms with Crippen molar-refractivity contribution < 1.29 is 20.6 Å². The van der Waals surface area contributed by atoms with E-state index in [-0.39, 0.29) is 58.8 Å². The summed E-state index contributed by atoms with van der Waals surface area (Å²) in [5.74, 6) is 0. The van der Waals surface area contributed by atoms with Crippen LogP contribution in [0.4, 0.5) is 0 Å². The molecular formula is C48H30N2S. The zero-order valence-corrected chi connectivity index (χ0v) is 27.4. The number of hydrogen-bond donors (Lipinski definition) is 0. The van der Waals surface area contributed by atoms with E-state index in [9.17, 15) is 6.85 Å². The van der Waals surface area contributed by atoms with Gasteiger partial charge in [-0.25, -0.2) is 4.98 Å². The van der Waals surface area contributed by atoms with Gasteiger partial charge in [-0.15, -0.1) is 11.3 Å². The van der Waals surface area contributed by atoms with Crippen LogP contribution in [0.2, 0.25) is 0 Å². The van der Waals surface area contributed by atoms with Gasteiger partial charge < -0.3 is 0 Å². The molecule has 0 saturated carbocycles. The summed E-state index contributed by atoms with van der Waals surface area (Å²) in [7, 11) is 0. The lowest BCUT2D eigenvalue weighted by molar-refractivity contribution is 1.36. The van der Waals surface area contributed by atoms with Crippen molar-refractivity contribution in [3.63, 3.8) is 0 Å². The lowest BCUT2D eigenvalue weighted by atomic mass is 9.89. The molecule has 10 rings (SSSR count). The predicted octanol–water partition coefficient (Wildman–Crippen LogP) is 13.7. The van der Waals surface area contributed by atoms with Crippen LogP contribution in [0.1, 0.15) is 31.7 Å². The Bertz CT molecular complexity index is 3860. The Kier molecular flexibility index (Phi) is 4.09. The van der Waals surface area contributed by atoms with Crippen LogP contribution in [0, 0.1) is 0 Å². The van der Waals surface area contributed by atoms with E-state index in [4.69, 9.17) is 18.7 Å². The zero-order valence-electron chi connectivity index (χ0n) is 41.6. The van der Waals surface area contributed by atoms with Gasteiger partial charge >= 0.3 is 0 Å². The molecule has 0 saturated heterocycles. The first-order chi connectivity index (χ1) is 31.5. The summed E-state index contributed by atoms with van der Waals surface area (Å²) in [6, 6.07) is 6.77. The van der Waals surface area contributed by atoms with E-state index in [1.165, 1.54) is 6.08 Å². The molecule has 0 spiro atoms. The van der Waals surface area contributed by atoms with Gasteiger partial charge in [-0.1, -0.05) is 134 Å². The maximum absolute atomic E-state index is 9.63. The van der Waals surface area contributed by atoms with Gasteiger partial charge in [0.25, 0.3) is 0 Å². The number of fused-ring (bicyclic) bond motifs is 3.